The topological polar surface area (TPSA) is 300 Å². The lowest BCUT2D eigenvalue weighted by molar-refractivity contribution is -0.122. The molecule has 0 atom stereocenters. The molecule has 16 rings (SSSR count). The van der Waals surface area contributed by atoms with Crippen molar-refractivity contribution in [3.8, 4) is 90.1 Å². The van der Waals surface area contributed by atoms with Crippen LogP contribution in [0, 0.1) is 11.8 Å². The van der Waals surface area contributed by atoms with Crippen molar-refractivity contribution < 1.29 is 23.9 Å². The number of fused-ring (bicyclic) bond motifs is 4. The molecule has 8 aromatic heterocycles. The van der Waals surface area contributed by atoms with Gasteiger partial charge in [0, 0.05) is 77.8 Å². The number of benzene rings is 8. The molecule has 119 heavy (non-hydrogen) atoms. The molecule has 0 aliphatic heterocycles. The van der Waals surface area contributed by atoms with E-state index in [4.69, 9.17) is 61.3 Å². The van der Waals surface area contributed by atoms with Crippen molar-refractivity contribution in [2.24, 2.45) is 11.8 Å². The maximum Gasteiger partial charge on any atom is 0.241 e. The lowest BCUT2D eigenvalue weighted by atomic mass is 10.1. The Morgan fingerprint density at radius 3 is 0.706 bits per heavy atom. The van der Waals surface area contributed by atoms with Crippen LogP contribution in [0.1, 0.15) is 41.0 Å². The van der Waals surface area contributed by atoms with E-state index >= 15 is 0 Å². The number of hydrogen-bond acceptors (Lipinski definition) is 17. The zero-order chi connectivity index (χ0) is 83.3. The van der Waals surface area contributed by atoms with Crippen LogP contribution in [-0.2, 0) is 50.1 Å². The fraction of sp³-hybridized carbons (Fsp3) is 0.200. The number of ether oxygens (including phenoxy) is 1. The summed E-state index contributed by atoms with van der Waals surface area (Å²) in [6.45, 7) is 13.0. The SMILES string of the molecule is CC(C)CNC(=O)Cn1nc(-c2ccccc2)c2c(Cl)c(-c3ccccc3)nnc21.CC(C)CNC(=O)Cn1nc(-c2ccccc2)c2c(Cl)c(-c3ccccc3)nnc21.CCCNC(=O)Cn1nc(-c2ccccc2)c2c(Cl)c(-c3ccccc3)nnc21.COCCNC(=O)Cn1nc(-c2ccccc2)c2c(Cl)c(-c3ccccc3)nnc21. The molecule has 0 spiro atoms. The van der Waals surface area contributed by atoms with Gasteiger partial charge in [-0.25, -0.2) is 18.7 Å². The number of nitrogens with zero attached hydrogens (tertiary/aromatic N) is 16. The summed E-state index contributed by atoms with van der Waals surface area (Å²) >= 11 is 27.3. The zero-order valence-electron chi connectivity index (χ0n) is 66.0. The summed E-state index contributed by atoms with van der Waals surface area (Å²) in [5.41, 5.74) is 14.0. The molecule has 0 saturated carbocycles. The maximum absolute atomic E-state index is 12.4. The number of rotatable bonds is 25. The van der Waals surface area contributed by atoms with Crippen molar-refractivity contribution in [2.75, 3.05) is 39.9 Å². The van der Waals surface area contributed by atoms with Gasteiger partial charge in [-0.2, -0.15) is 20.4 Å². The van der Waals surface area contributed by atoms with E-state index in [2.05, 4.69) is 72.3 Å². The first-order chi connectivity index (χ1) is 58.0. The van der Waals surface area contributed by atoms with E-state index in [0.29, 0.717) is 154 Å². The number of methoxy groups -OCH3 is 1. The molecule has 0 bridgehead atoms. The third kappa shape index (κ3) is 20.3. The minimum Gasteiger partial charge on any atom is -0.383 e. The Morgan fingerprint density at radius 2 is 0.504 bits per heavy atom. The highest BCUT2D eigenvalue weighted by atomic mass is 35.5. The van der Waals surface area contributed by atoms with E-state index in [1.165, 1.54) is 4.68 Å². The van der Waals surface area contributed by atoms with Crippen LogP contribution in [-0.4, -0.2) is 143 Å². The fourth-order valence-corrected chi connectivity index (χ4v) is 14.1. The minimum atomic E-state index is -0.193. The molecule has 0 aliphatic rings. The van der Waals surface area contributed by atoms with Crippen LogP contribution in [0.4, 0.5) is 0 Å². The van der Waals surface area contributed by atoms with E-state index in [-0.39, 0.29) is 49.8 Å². The second-order valence-electron chi connectivity index (χ2n) is 28.3. The highest BCUT2D eigenvalue weighted by molar-refractivity contribution is 6.40. The predicted molar refractivity (Wildman–Crippen MR) is 469 cm³/mol. The van der Waals surface area contributed by atoms with Gasteiger partial charge in [-0.15, -0.1) is 40.8 Å². The largest absolute Gasteiger partial charge is 0.383 e. The first-order valence-corrected chi connectivity index (χ1v) is 40.2. The van der Waals surface area contributed by atoms with E-state index in [0.717, 1.165) is 50.9 Å². The van der Waals surface area contributed by atoms with Gasteiger partial charge in [-0.1, -0.05) is 324 Å². The van der Waals surface area contributed by atoms with Gasteiger partial charge in [0.25, 0.3) is 0 Å². The lowest BCUT2D eigenvalue weighted by Crippen LogP contribution is -2.31. The lowest BCUT2D eigenvalue weighted by Gasteiger charge is -2.08. The van der Waals surface area contributed by atoms with Crippen LogP contribution in [0.15, 0.2) is 243 Å². The molecule has 0 radical (unpaired) electrons. The van der Waals surface area contributed by atoms with Crippen molar-refractivity contribution in [1.29, 1.82) is 0 Å². The Kier molecular flexibility index (Phi) is 28.3. The quantitative estimate of drug-likeness (QED) is 0.0387. The standard InChI is InChI=1S/2C23H22ClN5O.C22H20ClN5O2.C22H20ClN5O/c2*1-15(2)13-25-18(30)14-29-23-19(21(28-29)16-9-5-3-6-10-16)20(24)22(26-27-23)17-11-7-4-8-12-17;1-30-13-12-24-17(29)14-28-22-18(20(27-28)15-8-4-2-5-9-15)19(23)21(25-26-22)16-10-6-3-7-11-16;1-2-13-24-17(29)14-28-22-18(20(27-28)15-9-5-3-6-10-15)19(23)21(25-26-22)16-11-7-4-8-12-16/h2*3-12,15H,13-14H2,1-2H3,(H,25,30);2-11H,12-14H2,1H3,(H,24,29);3-12H,2,13-14H2,1H3,(H,24,29). The van der Waals surface area contributed by atoms with Gasteiger partial charge < -0.3 is 26.0 Å². The molecule has 0 unspecified atom stereocenters. The molecule has 25 nitrogen and oxygen atoms in total. The average molecular weight is 1670 g/mol. The predicted octanol–water partition coefficient (Wildman–Crippen LogP) is 17.1. The number of carbonyl (C=O) groups excluding carboxylic acids is 4. The van der Waals surface area contributed by atoms with Gasteiger partial charge in [0.1, 0.15) is 71.7 Å². The Labute approximate surface area is 706 Å². The van der Waals surface area contributed by atoms with Gasteiger partial charge in [0.2, 0.25) is 23.6 Å². The smallest absolute Gasteiger partial charge is 0.241 e. The number of hydrogen-bond donors (Lipinski definition) is 4. The van der Waals surface area contributed by atoms with Crippen molar-refractivity contribution in [3.63, 3.8) is 0 Å². The second kappa shape index (κ2) is 40.2. The first kappa shape index (κ1) is 83.9. The number of nitrogens with one attached hydrogen (secondary N) is 4. The summed E-state index contributed by atoms with van der Waals surface area (Å²) in [5.74, 6) is 0.161. The van der Waals surface area contributed by atoms with Crippen LogP contribution < -0.4 is 21.3 Å². The van der Waals surface area contributed by atoms with Crippen molar-refractivity contribution >= 4 is 114 Å². The third-order valence-electron chi connectivity index (χ3n) is 18.6. The summed E-state index contributed by atoms with van der Waals surface area (Å²) in [5, 5.41) is 69.7. The summed E-state index contributed by atoms with van der Waals surface area (Å²) in [6.07, 6.45) is 0.868. The van der Waals surface area contributed by atoms with Gasteiger partial charge in [-0.3, -0.25) is 19.2 Å². The van der Waals surface area contributed by atoms with E-state index in [9.17, 15) is 19.2 Å². The van der Waals surface area contributed by atoms with E-state index in [1.807, 2.05) is 277 Å². The number of aromatic nitrogens is 16. The van der Waals surface area contributed by atoms with Gasteiger partial charge >= 0.3 is 0 Å². The van der Waals surface area contributed by atoms with E-state index < -0.39 is 0 Å². The molecule has 29 heteroatoms. The highest BCUT2D eigenvalue weighted by Crippen LogP contribution is 2.42. The molecule has 8 aromatic carbocycles. The Hall–Kier alpha value is -13.0. The first-order valence-electron chi connectivity index (χ1n) is 38.7. The van der Waals surface area contributed by atoms with Crippen molar-refractivity contribution in [3.05, 3.63) is 263 Å². The van der Waals surface area contributed by atoms with Crippen molar-refractivity contribution in [1.82, 2.24) is 101 Å². The molecule has 602 valence electrons. The normalized spacial score (nSPS) is 11.1. The summed E-state index contributed by atoms with van der Waals surface area (Å²) in [6, 6.07) is 77.6. The van der Waals surface area contributed by atoms with Crippen LogP contribution in [0.2, 0.25) is 20.1 Å². The fourth-order valence-electron chi connectivity index (χ4n) is 12.8. The molecule has 4 amide bonds. The third-order valence-corrected chi connectivity index (χ3v) is 20.0. The average Bonchev–Trinajstić information content (AvgIpc) is 1.64. The Morgan fingerprint density at radius 1 is 0.303 bits per heavy atom. The van der Waals surface area contributed by atoms with Crippen LogP contribution in [0.3, 0.4) is 0 Å². The monoisotopic (exact) mass is 1660 g/mol. The van der Waals surface area contributed by atoms with Gasteiger partial charge in [0.15, 0.2) is 22.6 Å². The number of amides is 4. The Bertz CT molecular complexity index is 5960. The molecule has 0 aliphatic carbocycles. The molecular weight excluding hydrogens is 1580 g/mol. The molecule has 8 heterocycles. The molecule has 4 N–H and O–H groups in total. The molecule has 16 aromatic rings. The minimum absolute atomic E-state index is 0.00272. The number of halogens is 4. The molecule has 0 saturated heterocycles. The Balaban J connectivity index is 0.000000137. The summed E-state index contributed by atoms with van der Waals surface area (Å²) in [7, 11) is 1.58. The van der Waals surface area contributed by atoms with E-state index in [1.54, 1.807) is 21.2 Å². The number of carbonyl (C=O) groups is 4. The highest BCUT2D eigenvalue weighted by Gasteiger charge is 2.28. The molecule has 0 fully saturated rings. The van der Waals surface area contributed by atoms with Crippen molar-refractivity contribution in [2.45, 2.75) is 67.2 Å². The van der Waals surface area contributed by atoms with Crippen LogP contribution >= 0.6 is 46.4 Å². The summed E-state index contributed by atoms with van der Waals surface area (Å²) < 4.78 is 11.2. The van der Waals surface area contributed by atoms with Gasteiger partial charge in [-0.05, 0) is 18.3 Å². The zero-order valence-corrected chi connectivity index (χ0v) is 69.1. The maximum atomic E-state index is 12.4. The second-order valence-corrected chi connectivity index (χ2v) is 29.8. The van der Waals surface area contributed by atoms with Crippen LogP contribution in [0.5, 0.6) is 0 Å². The molecular formula is C90H84Cl4N20O5. The van der Waals surface area contributed by atoms with Gasteiger partial charge in [0.05, 0.1) is 48.2 Å². The summed E-state index contributed by atoms with van der Waals surface area (Å²) in [4.78, 5) is 49.5. The van der Waals surface area contributed by atoms with Crippen LogP contribution in [0.25, 0.3) is 134 Å².